The van der Waals surface area contributed by atoms with Crippen LogP contribution >= 0.6 is 11.6 Å². The number of nitrogens with zero attached hydrogens (tertiary/aromatic N) is 2. The van der Waals surface area contributed by atoms with Crippen LogP contribution in [-0.4, -0.2) is 29.2 Å². The van der Waals surface area contributed by atoms with Crippen LogP contribution in [0.3, 0.4) is 0 Å². The number of hydrogen-bond acceptors (Lipinski definition) is 5. The van der Waals surface area contributed by atoms with Crippen molar-refractivity contribution >= 4 is 29.2 Å². The zero-order valence-electron chi connectivity index (χ0n) is 16.8. The highest BCUT2D eigenvalue weighted by atomic mass is 35.5. The van der Waals surface area contributed by atoms with Gasteiger partial charge in [-0.25, -0.2) is 18.8 Å². The maximum Gasteiger partial charge on any atom is 0.425 e. The van der Waals surface area contributed by atoms with Gasteiger partial charge in [0.1, 0.15) is 5.69 Å². The molecule has 0 unspecified atom stereocenters. The van der Waals surface area contributed by atoms with Crippen LogP contribution in [0.25, 0.3) is 0 Å². The summed E-state index contributed by atoms with van der Waals surface area (Å²) in [5.41, 5.74) is 0.231. The summed E-state index contributed by atoms with van der Waals surface area (Å²) in [5.74, 6) is -4.29. The number of nitrogens with one attached hydrogen (secondary N) is 1. The van der Waals surface area contributed by atoms with E-state index >= 15 is 0 Å². The number of amidine groups is 1. The average Bonchev–Trinajstić information content (AvgIpc) is 2.68. The van der Waals surface area contributed by atoms with E-state index in [4.69, 9.17) is 17.3 Å². The molecule has 3 rings (SSSR count). The molecule has 0 fully saturated rings. The van der Waals surface area contributed by atoms with E-state index in [1.807, 2.05) is 0 Å². The smallest absolute Gasteiger partial charge is 0.425 e. The summed E-state index contributed by atoms with van der Waals surface area (Å²) in [6.45, 7) is 1.05. The number of carbonyl (C=O) groups excluding carboxylic acids is 1. The second-order valence-electron chi connectivity index (χ2n) is 7.40. The maximum absolute atomic E-state index is 14.6. The minimum absolute atomic E-state index is 0.343. The van der Waals surface area contributed by atoms with Crippen LogP contribution in [0.5, 0.6) is 0 Å². The number of amides is 1. The van der Waals surface area contributed by atoms with E-state index in [-0.39, 0.29) is 0 Å². The van der Waals surface area contributed by atoms with Gasteiger partial charge < -0.3 is 15.8 Å². The van der Waals surface area contributed by atoms with E-state index in [2.05, 4.69) is 20.0 Å². The van der Waals surface area contributed by atoms with Gasteiger partial charge in [-0.05, 0) is 19.1 Å². The lowest BCUT2D eigenvalue weighted by atomic mass is 9.85. The number of ether oxygens (including phenoxy) is 1. The number of carbonyl (C=O) groups is 1. The van der Waals surface area contributed by atoms with Crippen molar-refractivity contribution in [2.45, 2.75) is 37.3 Å². The van der Waals surface area contributed by atoms with Crippen LogP contribution in [0, 0.1) is 11.6 Å². The molecule has 0 aliphatic carbocycles. The third kappa shape index (κ3) is 5.16. The Labute approximate surface area is 190 Å². The third-order valence-corrected chi connectivity index (χ3v) is 5.11. The number of benzene rings is 1. The topological polar surface area (TPSA) is 89.6 Å². The Hall–Kier alpha value is -3.16. The van der Waals surface area contributed by atoms with Crippen LogP contribution in [0.2, 0.25) is 5.02 Å². The number of nitrogens with two attached hydrogens (primary N) is 1. The summed E-state index contributed by atoms with van der Waals surface area (Å²) in [4.78, 5) is 19.5. The number of aromatic nitrogens is 1. The average molecular weight is 517 g/mol. The first-order valence-electron chi connectivity index (χ1n) is 9.13. The molecule has 0 spiro atoms. The van der Waals surface area contributed by atoms with Crippen molar-refractivity contribution in [3.8, 4) is 0 Å². The van der Waals surface area contributed by atoms with Gasteiger partial charge in [0, 0.05) is 29.9 Å². The molecule has 184 valence electrons. The van der Waals surface area contributed by atoms with Crippen molar-refractivity contribution < 1.29 is 44.7 Å². The van der Waals surface area contributed by atoms with E-state index in [0.29, 0.717) is 18.3 Å². The molecule has 1 aromatic heterocycles. The van der Waals surface area contributed by atoms with Gasteiger partial charge in [0.05, 0.1) is 16.1 Å². The zero-order valence-corrected chi connectivity index (χ0v) is 17.5. The minimum Gasteiger partial charge on any atom is -0.452 e. The van der Waals surface area contributed by atoms with Crippen LogP contribution < -0.4 is 11.1 Å². The van der Waals surface area contributed by atoms with Crippen LogP contribution in [0.15, 0.2) is 29.4 Å². The number of aliphatic imine (C=N–C) groups is 1. The van der Waals surface area contributed by atoms with Gasteiger partial charge in [0.15, 0.2) is 17.7 Å². The normalized spacial score (nSPS) is 21.0. The SMILES string of the molecule is C[C@]1(c2cc(NC(=O)c3ncc(C(F)(F)F)cc3Cl)cc(F)c2F)C[C@@H](C(F)(F)F)OC(N)=N1. The molecule has 1 amide bonds. The molecule has 2 heterocycles. The van der Waals surface area contributed by atoms with Crippen molar-refractivity contribution in [2.75, 3.05) is 5.32 Å². The third-order valence-electron chi connectivity index (χ3n) is 4.82. The monoisotopic (exact) mass is 516 g/mol. The summed E-state index contributed by atoms with van der Waals surface area (Å²) >= 11 is 5.69. The van der Waals surface area contributed by atoms with Crippen LogP contribution in [0.1, 0.15) is 35.0 Å². The zero-order chi connectivity index (χ0) is 25.6. The predicted octanol–water partition coefficient (Wildman–Crippen LogP) is 5.17. The molecule has 34 heavy (non-hydrogen) atoms. The van der Waals surface area contributed by atoms with Crippen LogP contribution in [-0.2, 0) is 16.5 Å². The summed E-state index contributed by atoms with van der Waals surface area (Å²) in [5, 5.41) is 1.38. The Bertz CT molecular complexity index is 1170. The van der Waals surface area contributed by atoms with Gasteiger partial charge in [-0.15, -0.1) is 0 Å². The van der Waals surface area contributed by atoms with E-state index in [9.17, 15) is 39.9 Å². The highest BCUT2D eigenvalue weighted by molar-refractivity contribution is 6.34. The quantitative estimate of drug-likeness (QED) is 0.551. The van der Waals surface area contributed by atoms with E-state index in [1.54, 1.807) is 0 Å². The van der Waals surface area contributed by atoms with Crippen molar-refractivity contribution in [1.29, 1.82) is 0 Å². The van der Waals surface area contributed by atoms with E-state index in [1.165, 1.54) is 0 Å². The van der Waals surface area contributed by atoms with E-state index < -0.39 is 81.5 Å². The van der Waals surface area contributed by atoms with Gasteiger partial charge >= 0.3 is 12.4 Å². The van der Waals surface area contributed by atoms with Crippen molar-refractivity contribution in [3.05, 3.63) is 57.9 Å². The van der Waals surface area contributed by atoms with Gasteiger partial charge in [0.25, 0.3) is 11.9 Å². The summed E-state index contributed by atoms with van der Waals surface area (Å²) in [6.07, 6.45) is -12.8. The number of pyridine rings is 1. The number of anilines is 1. The van der Waals surface area contributed by atoms with Gasteiger partial charge in [0.2, 0.25) is 0 Å². The summed E-state index contributed by atoms with van der Waals surface area (Å²) in [7, 11) is 0. The van der Waals surface area contributed by atoms with Crippen LogP contribution in [0.4, 0.5) is 40.8 Å². The minimum atomic E-state index is -4.90. The lowest BCUT2D eigenvalue weighted by Crippen LogP contribution is -2.46. The second-order valence-corrected chi connectivity index (χ2v) is 7.81. The molecule has 3 N–H and O–H groups in total. The molecule has 15 heteroatoms. The van der Waals surface area contributed by atoms with E-state index in [0.717, 1.165) is 13.0 Å². The first-order valence-corrected chi connectivity index (χ1v) is 9.51. The lowest BCUT2D eigenvalue weighted by Gasteiger charge is -2.36. The first-order chi connectivity index (χ1) is 15.5. The molecule has 0 saturated carbocycles. The first kappa shape index (κ1) is 25.5. The highest BCUT2D eigenvalue weighted by Gasteiger charge is 2.50. The Balaban J connectivity index is 1.97. The molecule has 0 radical (unpaired) electrons. The van der Waals surface area contributed by atoms with Crippen molar-refractivity contribution in [2.24, 2.45) is 10.7 Å². The predicted molar refractivity (Wildman–Crippen MR) is 103 cm³/mol. The fourth-order valence-corrected chi connectivity index (χ4v) is 3.47. The number of alkyl halides is 6. The number of hydrogen-bond donors (Lipinski definition) is 2. The molecule has 6 nitrogen and oxygen atoms in total. The largest absolute Gasteiger partial charge is 0.452 e. The number of rotatable bonds is 3. The van der Waals surface area contributed by atoms with Crippen molar-refractivity contribution in [1.82, 2.24) is 4.98 Å². The fraction of sp³-hybridized carbons (Fsp3) is 0.316. The number of halogens is 9. The Kier molecular flexibility index (Phi) is 6.41. The lowest BCUT2D eigenvalue weighted by molar-refractivity contribution is -0.208. The maximum atomic E-state index is 14.6. The summed E-state index contributed by atoms with van der Waals surface area (Å²) in [6, 6.07) is 0.846. The Morgan fingerprint density at radius 1 is 1.21 bits per heavy atom. The van der Waals surface area contributed by atoms with Gasteiger partial charge in [-0.3, -0.25) is 4.79 Å². The van der Waals surface area contributed by atoms with Crippen molar-refractivity contribution in [3.63, 3.8) is 0 Å². The molecule has 0 bridgehead atoms. The Morgan fingerprint density at radius 3 is 2.41 bits per heavy atom. The Morgan fingerprint density at radius 2 is 1.85 bits per heavy atom. The molecule has 0 saturated heterocycles. The molecule has 2 aromatic rings. The molecule has 1 aliphatic heterocycles. The van der Waals surface area contributed by atoms with Gasteiger partial charge in [-0.2, -0.15) is 26.3 Å². The highest BCUT2D eigenvalue weighted by Crippen LogP contribution is 2.42. The second kappa shape index (κ2) is 8.56. The molecule has 2 atom stereocenters. The molecule has 1 aliphatic rings. The fourth-order valence-electron chi connectivity index (χ4n) is 3.22. The molecular weight excluding hydrogens is 504 g/mol. The molecular formula is C19H13ClF8N4O2. The summed E-state index contributed by atoms with van der Waals surface area (Å²) < 4.78 is 111. The molecule has 1 aromatic carbocycles. The van der Waals surface area contributed by atoms with Gasteiger partial charge in [-0.1, -0.05) is 11.6 Å². The standard InChI is InChI=1S/C19H13ClF8N4O2/c1-17(5-12(19(26,27)28)34-16(29)32-17)9-3-8(4-11(21)13(9)22)31-15(33)14-10(20)2-7(6-30-14)18(23,24)25/h2-4,6,12H,5H2,1H3,(H2,29,32)(H,31,33)/t12-,17+/m0/s1.